The molecular weight excluding hydrogens is 332 g/mol. The highest BCUT2D eigenvalue weighted by molar-refractivity contribution is 5.87. The lowest BCUT2D eigenvalue weighted by atomic mass is 10.1. The molecule has 3 aromatic carbocycles. The van der Waals surface area contributed by atoms with E-state index < -0.39 is 16.5 Å². The topological polar surface area (TPSA) is 88.4 Å². The predicted octanol–water partition coefficient (Wildman–Crippen LogP) is 3.18. The Balaban J connectivity index is 1.69. The number of benzene rings is 2. The number of anilines is 4. The van der Waals surface area contributed by atoms with Crippen molar-refractivity contribution in [1.29, 1.82) is 0 Å². The molecule has 0 spiro atoms. The molecule has 0 amide bonds. The lowest BCUT2D eigenvalue weighted by Gasteiger charge is -2.15. The van der Waals surface area contributed by atoms with Crippen molar-refractivity contribution in [3.63, 3.8) is 0 Å². The van der Waals surface area contributed by atoms with Crippen molar-refractivity contribution in [1.82, 2.24) is 0 Å². The zero-order chi connectivity index (χ0) is 18.3. The fraction of sp³-hybridized carbons (Fsp3) is 0.0500. The van der Waals surface area contributed by atoms with Crippen LogP contribution in [-0.2, 0) is 0 Å². The zero-order valence-electron chi connectivity index (χ0n) is 13.8. The summed E-state index contributed by atoms with van der Waals surface area (Å²) >= 11 is 0. The molecule has 0 aliphatic carbocycles. The zero-order valence-corrected chi connectivity index (χ0v) is 13.8. The summed E-state index contributed by atoms with van der Waals surface area (Å²) in [5.74, 6) is 0. The molecule has 4 aromatic rings. The van der Waals surface area contributed by atoms with Crippen LogP contribution in [0.3, 0.4) is 0 Å². The van der Waals surface area contributed by atoms with Crippen LogP contribution in [0.5, 0.6) is 0 Å². The van der Waals surface area contributed by atoms with Gasteiger partial charge >= 0.3 is 5.63 Å². The molecule has 128 valence electrons. The number of fused-ring (bicyclic) bond motifs is 1. The first-order valence-electron chi connectivity index (χ1n) is 8.00. The third kappa shape index (κ3) is 2.67. The van der Waals surface area contributed by atoms with Gasteiger partial charge in [0.15, 0.2) is 0 Å². The van der Waals surface area contributed by atoms with Crippen molar-refractivity contribution in [3.8, 4) is 0 Å². The van der Waals surface area contributed by atoms with E-state index in [0.29, 0.717) is 17.0 Å². The van der Waals surface area contributed by atoms with Crippen molar-refractivity contribution >= 4 is 33.7 Å². The van der Waals surface area contributed by atoms with Crippen LogP contribution in [0.4, 0.5) is 22.7 Å². The van der Waals surface area contributed by atoms with E-state index in [1.54, 1.807) is 30.3 Å². The first-order chi connectivity index (χ1) is 12.5. The fourth-order valence-electron chi connectivity index (χ4n) is 2.84. The number of nitrogens with one attached hydrogen (secondary N) is 2. The SMILES string of the molecule is Cc1cc(=O)oc2cc(Nc3c(Nc4ccccc4)c(=O)c3=O)ccc12. The third-order valence-electron chi connectivity index (χ3n) is 4.17. The van der Waals surface area contributed by atoms with Crippen molar-refractivity contribution in [3.05, 3.63) is 91.0 Å². The molecule has 0 aliphatic rings. The van der Waals surface area contributed by atoms with Crippen LogP contribution in [0.25, 0.3) is 11.0 Å². The van der Waals surface area contributed by atoms with Crippen molar-refractivity contribution in [2.45, 2.75) is 6.92 Å². The molecule has 0 atom stereocenters. The maximum absolute atomic E-state index is 12.0. The minimum atomic E-state index is -0.589. The molecule has 0 radical (unpaired) electrons. The van der Waals surface area contributed by atoms with Gasteiger partial charge in [-0.2, -0.15) is 0 Å². The van der Waals surface area contributed by atoms with Crippen LogP contribution < -0.4 is 27.1 Å². The highest BCUT2D eigenvalue weighted by Crippen LogP contribution is 2.26. The van der Waals surface area contributed by atoms with Gasteiger partial charge in [-0.05, 0) is 36.8 Å². The second-order valence-electron chi connectivity index (χ2n) is 5.98. The first kappa shape index (κ1) is 15.8. The van der Waals surface area contributed by atoms with Crippen LogP contribution in [0.1, 0.15) is 5.56 Å². The van der Waals surface area contributed by atoms with Gasteiger partial charge in [0.1, 0.15) is 17.0 Å². The Morgan fingerprint density at radius 3 is 2.12 bits per heavy atom. The van der Waals surface area contributed by atoms with Crippen LogP contribution in [0.2, 0.25) is 0 Å². The molecule has 0 aliphatic heterocycles. The number of aryl methyl sites for hydroxylation is 1. The smallest absolute Gasteiger partial charge is 0.336 e. The fourth-order valence-corrected chi connectivity index (χ4v) is 2.84. The molecule has 0 fully saturated rings. The van der Waals surface area contributed by atoms with E-state index in [0.717, 1.165) is 10.9 Å². The second kappa shape index (κ2) is 6.00. The molecular formula is C20H14N2O4. The maximum atomic E-state index is 12.0. The lowest BCUT2D eigenvalue weighted by Crippen LogP contribution is -2.35. The standard InChI is InChI=1S/C20H14N2O4/c1-11-9-16(23)26-15-10-13(7-8-14(11)15)22-18-17(19(24)20(18)25)21-12-5-3-2-4-6-12/h2-10,21-22H,1H3. The van der Waals surface area contributed by atoms with Crippen molar-refractivity contribution in [2.24, 2.45) is 0 Å². The summed E-state index contributed by atoms with van der Waals surface area (Å²) in [4.78, 5) is 35.4. The Bertz CT molecular complexity index is 1250. The number of hydrogen-bond acceptors (Lipinski definition) is 6. The summed E-state index contributed by atoms with van der Waals surface area (Å²) < 4.78 is 5.21. The van der Waals surface area contributed by atoms with E-state index >= 15 is 0 Å². The Morgan fingerprint density at radius 1 is 0.769 bits per heavy atom. The quantitative estimate of drug-likeness (QED) is 0.436. The molecule has 6 heteroatoms. The average Bonchev–Trinajstić information content (AvgIpc) is 2.64. The molecule has 1 heterocycles. The Hall–Kier alpha value is -3.67. The summed E-state index contributed by atoms with van der Waals surface area (Å²) in [5, 5.41) is 6.71. The molecule has 1 aromatic heterocycles. The van der Waals surface area contributed by atoms with E-state index in [-0.39, 0.29) is 11.4 Å². The van der Waals surface area contributed by atoms with Gasteiger partial charge in [0.2, 0.25) is 0 Å². The van der Waals surface area contributed by atoms with Gasteiger partial charge in [0.25, 0.3) is 10.9 Å². The number of para-hydroxylation sites is 1. The van der Waals surface area contributed by atoms with Crippen LogP contribution in [0, 0.1) is 6.92 Å². The van der Waals surface area contributed by atoms with Gasteiger partial charge in [-0.3, -0.25) is 9.59 Å². The summed E-state index contributed by atoms with van der Waals surface area (Å²) in [7, 11) is 0. The predicted molar refractivity (Wildman–Crippen MR) is 102 cm³/mol. The highest BCUT2D eigenvalue weighted by Gasteiger charge is 2.21. The van der Waals surface area contributed by atoms with E-state index in [2.05, 4.69) is 10.6 Å². The number of rotatable bonds is 4. The summed E-state index contributed by atoms with van der Waals surface area (Å²) in [5.41, 5.74) is 1.29. The van der Waals surface area contributed by atoms with E-state index in [1.165, 1.54) is 6.07 Å². The molecule has 2 N–H and O–H groups in total. The van der Waals surface area contributed by atoms with Gasteiger partial charge in [-0.25, -0.2) is 4.79 Å². The minimum Gasteiger partial charge on any atom is -0.423 e. The molecule has 0 saturated heterocycles. The lowest BCUT2D eigenvalue weighted by molar-refractivity contribution is 0.560. The van der Waals surface area contributed by atoms with Gasteiger partial charge in [0.05, 0.1) is 0 Å². The normalized spacial score (nSPS) is 11.0. The summed E-state index contributed by atoms with van der Waals surface area (Å²) in [6.07, 6.45) is 0. The maximum Gasteiger partial charge on any atom is 0.336 e. The van der Waals surface area contributed by atoms with Crippen LogP contribution in [0.15, 0.2) is 73.4 Å². The Morgan fingerprint density at radius 2 is 1.42 bits per heavy atom. The highest BCUT2D eigenvalue weighted by atomic mass is 16.4. The Labute approximate surface area is 147 Å². The molecule has 26 heavy (non-hydrogen) atoms. The van der Waals surface area contributed by atoms with E-state index in [9.17, 15) is 14.4 Å². The minimum absolute atomic E-state index is 0.188. The molecule has 0 saturated carbocycles. The average molecular weight is 346 g/mol. The Kier molecular flexibility index (Phi) is 3.65. The van der Waals surface area contributed by atoms with Gasteiger partial charge in [-0.1, -0.05) is 18.2 Å². The largest absolute Gasteiger partial charge is 0.423 e. The van der Waals surface area contributed by atoms with Gasteiger partial charge in [-0.15, -0.1) is 0 Å². The molecule has 4 rings (SSSR count). The molecule has 0 unspecified atom stereocenters. The first-order valence-corrected chi connectivity index (χ1v) is 8.00. The molecule has 0 bridgehead atoms. The van der Waals surface area contributed by atoms with Gasteiger partial charge in [0, 0.05) is 28.9 Å². The monoisotopic (exact) mass is 346 g/mol. The van der Waals surface area contributed by atoms with Gasteiger partial charge < -0.3 is 15.1 Å². The molecule has 6 nitrogen and oxygen atoms in total. The van der Waals surface area contributed by atoms with Crippen LogP contribution in [-0.4, -0.2) is 0 Å². The second-order valence-corrected chi connectivity index (χ2v) is 5.98. The summed E-state index contributed by atoms with van der Waals surface area (Å²) in [6.45, 7) is 1.82. The summed E-state index contributed by atoms with van der Waals surface area (Å²) in [6, 6.07) is 15.7. The van der Waals surface area contributed by atoms with Crippen LogP contribution >= 0.6 is 0 Å². The number of hydrogen-bond donors (Lipinski definition) is 2. The van der Waals surface area contributed by atoms with E-state index in [4.69, 9.17) is 4.42 Å². The van der Waals surface area contributed by atoms with Crippen molar-refractivity contribution < 1.29 is 4.42 Å². The third-order valence-corrected chi connectivity index (χ3v) is 4.17. The van der Waals surface area contributed by atoms with E-state index in [1.807, 2.05) is 25.1 Å². The van der Waals surface area contributed by atoms with Crippen molar-refractivity contribution in [2.75, 3.05) is 10.6 Å².